The van der Waals surface area contributed by atoms with Crippen molar-refractivity contribution in [1.82, 2.24) is 4.31 Å². The van der Waals surface area contributed by atoms with Crippen LogP contribution in [0.2, 0.25) is 0 Å². The lowest BCUT2D eigenvalue weighted by molar-refractivity contribution is -0.105. The minimum absolute atomic E-state index is 0.175. The second kappa shape index (κ2) is 9.20. The highest BCUT2D eigenvalue weighted by atomic mass is 32.2. The van der Waals surface area contributed by atoms with Gasteiger partial charge in [0.15, 0.2) is 11.5 Å². The van der Waals surface area contributed by atoms with E-state index < -0.39 is 15.8 Å². The Morgan fingerprint density at radius 3 is 2.47 bits per heavy atom. The maximum absolute atomic E-state index is 13.3. The summed E-state index contributed by atoms with van der Waals surface area (Å²) in [7, 11) is -3.72. The summed E-state index contributed by atoms with van der Waals surface area (Å²) in [5.74, 6) is 0.345. The quantitative estimate of drug-likeness (QED) is 0.688. The number of nitrogens with one attached hydrogen (secondary N) is 1. The Bertz CT molecular complexity index is 1180. The van der Waals surface area contributed by atoms with E-state index in [0.717, 1.165) is 25.7 Å². The summed E-state index contributed by atoms with van der Waals surface area (Å²) in [6.07, 6.45) is 5.58. The van der Waals surface area contributed by atoms with E-state index in [9.17, 15) is 13.2 Å². The largest absolute Gasteiger partial charge is 0.448 e. The van der Waals surface area contributed by atoms with Crippen molar-refractivity contribution in [3.8, 4) is 11.5 Å². The van der Waals surface area contributed by atoms with Crippen molar-refractivity contribution >= 4 is 21.6 Å². The molecule has 2 fully saturated rings. The molecule has 0 unspecified atom stereocenters. The van der Waals surface area contributed by atoms with Crippen LogP contribution >= 0.6 is 0 Å². The van der Waals surface area contributed by atoms with Gasteiger partial charge in [-0.15, -0.1) is 0 Å². The fourth-order valence-corrected chi connectivity index (χ4v) is 6.55. The van der Waals surface area contributed by atoms with Crippen LogP contribution in [0.3, 0.4) is 0 Å². The molecule has 8 nitrogen and oxygen atoms in total. The van der Waals surface area contributed by atoms with Gasteiger partial charge in [0.1, 0.15) is 0 Å². The molecule has 1 saturated heterocycles. The van der Waals surface area contributed by atoms with Crippen molar-refractivity contribution in [2.24, 2.45) is 0 Å². The van der Waals surface area contributed by atoms with E-state index in [-0.39, 0.29) is 16.4 Å². The van der Waals surface area contributed by atoms with Gasteiger partial charge in [0.05, 0.1) is 18.1 Å². The van der Waals surface area contributed by atoms with E-state index >= 15 is 0 Å². The molecule has 0 bridgehead atoms. The third-order valence-corrected chi connectivity index (χ3v) is 8.69. The monoisotopic (exact) mass is 486 g/mol. The number of anilines is 1. The first-order valence-electron chi connectivity index (χ1n) is 11.9. The van der Waals surface area contributed by atoms with Gasteiger partial charge in [-0.2, -0.15) is 4.31 Å². The smallest absolute Gasteiger partial charge is 0.255 e. The first-order chi connectivity index (χ1) is 16.4. The van der Waals surface area contributed by atoms with Gasteiger partial charge in [-0.25, -0.2) is 8.42 Å². The SMILES string of the molecule is CCc1ccc(C(=O)Nc2ccc3c(c2)OC2(CCCCC2)O3)cc1S(=O)(=O)N1CCOCC1. The normalized spacial score (nSPS) is 19.8. The van der Waals surface area contributed by atoms with Crippen LogP contribution in [0, 0.1) is 0 Å². The standard InChI is InChI=1S/C25H30N2O6S/c1-2-18-6-7-19(16-23(18)34(29,30)27-12-14-31-15-13-27)24(28)26-20-8-9-21-22(17-20)33-25(32-21)10-4-3-5-11-25/h6-9,16-17H,2-5,10-15H2,1H3,(H,26,28). The summed E-state index contributed by atoms with van der Waals surface area (Å²) < 4.78 is 45.5. The van der Waals surface area contributed by atoms with E-state index in [0.29, 0.717) is 55.5 Å². The van der Waals surface area contributed by atoms with Crippen molar-refractivity contribution in [3.63, 3.8) is 0 Å². The number of fused-ring (bicyclic) bond motifs is 1. The number of benzene rings is 2. The molecular weight excluding hydrogens is 456 g/mol. The van der Waals surface area contributed by atoms with Gasteiger partial charge in [-0.1, -0.05) is 19.4 Å². The molecule has 3 aliphatic rings. The van der Waals surface area contributed by atoms with Crippen LogP contribution in [0.4, 0.5) is 5.69 Å². The molecule has 34 heavy (non-hydrogen) atoms. The Kier molecular flexibility index (Phi) is 6.26. The Labute approximate surface area is 200 Å². The van der Waals surface area contributed by atoms with Gasteiger partial charge in [-0.05, 0) is 49.1 Å². The topological polar surface area (TPSA) is 94.2 Å². The van der Waals surface area contributed by atoms with Crippen LogP contribution < -0.4 is 14.8 Å². The molecule has 182 valence electrons. The van der Waals surface area contributed by atoms with Gasteiger partial charge >= 0.3 is 0 Å². The molecule has 0 aromatic heterocycles. The molecule has 2 heterocycles. The van der Waals surface area contributed by atoms with Crippen molar-refractivity contribution in [2.45, 2.75) is 56.1 Å². The number of hydrogen-bond acceptors (Lipinski definition) is 6. The number of nitrogens with zero attached hydrogens (tertiary/aromatic N) is 1. The van der Waals surface area contributed by atoms with E-state index in [1.807, 2.05) is 13.0 Å². The fourth-order valence-electron chi connectivity index (χ4n) is 4.82. The average Bonchev–Trinajstić information content (AvgIpc) is 3.20. The van der Waals surface area contributed by atoms with E-state index in [1.165, 1.54) is 16.8 Å². The van der Waals surface area contributed by atoms with Crippen molar-refractivity contribution in [2.75, 3.05) is 31.6 Å². The Balaban J connectivity index is 1.36. The maximum Gasteiger partial charge on any atom is 0.255 e. The minimum Gasteiger partial charge on any atom is -0.448 e. The lowest BCUT2D eigenvalue weighted by Crippen LogP contribution is -2.41. The lowest BCUT2D eigenvalue weighted by Gasteiger charge is -2.31. The van der Waals surface area contributed by atoms with Crippen molar-refractivity contribution in [1.29, 1.82) is 0 Å². The number of sulfonamides is 1. The zero-order valence-electron chi connectivity index (χ0n) is 19.3. The molecule has 9 heteroatoms. The van der Waals surface area contributed by atoms with Gasteiger partial charge < -0.3 is 19.5 Å². The highest BCUT2D eigenvalue weighted by molar-refractivity contribution is 7.89. The predicted octanol–water partition coefficient (Wildman–Crippen LogP) is 3.95. The molecule has 0 radical (unpaired) electrons. The first-order valence-corrected chi connectivity index (χ1v) is 13.4. The van der Waals surface area contributed by atoms with Gasteiger partial charge in [0, 0.05) is 43.2 Å². The van der Waals surface area contributed by atoms with Crippen LogP contribution in [0.1, 0.15) is 54.9 Å². The number of morpholine rings is 1. The highest BCUT2D eigenvalue weighted by Crippen LogP contribution is 2.46. The summed E-state index contributed by atoms with van der Waals surface area (Å²) in [6.45, 7) is 3.25. The number of carbonyl (C=O) groups is 1. The lowest BCUT2D eigenvalue weighted by atomic mass is 9.94. The molecule has 0 atom stereocenters. The maximum atomic E-state index is 13.3. The molecular formula is C25H30N2O6S. The van der Waals surface area contributed by atoms with E-state index in [2.05, 4.69) is 5.32 Å². The van der Waals surface area contributed by atoms with Gasteiger partial charge in [-0.3, -0.25) is 4.79 Å². The Morgan fingerprint density at radius 2 is 1.74 bits per heavy atom. The molecule has 2 aromatic rings. The summed E-state index contributed by atoms with van der Waals surface area (Å²) in [4.78, 5) is 13.2. The minimum atomic E-state index is -3.72. The summed E-state index contributed by atoms with van der Waals surface area (Å²) in [5, 5.41) is 2.87. The van der Waals surface area contributed by atoms with Crippen molar-refractivity contribution in [3.05, 3.63) is 47.5 Å². The fraction of sp³-hybridized carbons (Fsp3) is 0.480. The second-order valence-corrected chi connectivity index (χ2v) is 10.9. The van der Waals surface area contributed by atoms with Gasteiger partial charge in [0.2, 0.25) is 10.0 Å². The molecule has 5 rings (SSSR count). The first kappa shape index (κ1) is 23.1. The molecule has 2 aliphatic heterocycles. The second-order valence-electron chi connectivity index (χ2n) is 8.98. The summed E-state index contributed by atoms with van der Waals surface area (Å²) in [5.41, 5.74) is 1.53. The molecule has 2 aromatic carbocycles. The predicted molar refractivity (Wildman–Crippen MR) is 127 cm³/mol. The van der Waals surface area contributed by atoms with Crippen molar-refractivity contribution < 1.29 is 27.4 Å². The molecule has 1 amide bonds. The Morgan fingerprint density at radius 1 is 1.00 bits per heavy atom. The number of ether oxygens (including phenoxy) is 3. The molecule has 1 N–H and O–H groups in total. The summed E-state index contributed by atoms with van der Waals surface area (Å²) in [6, 6.07) is 10.2. The number of amides is 1. The van der Waals surface area contributed by atoms with Crippen LogP contribution in [-0.4, -0.2) is 50.7 Å². The number of carbonyl (C=O) groups excluding carboxylic acids is 1. The molecule has 1 spiro atoms. The Hall–Kier alpha value is -2.62. The van der Waals surface area contributed by atoms with Gasteiger partial charge in [0.25, 0.3) is 11.7 Å². The number of rotatable bonds is 5. The van der Waals surface area contributed by atoms with Crippen LogP contribution in [-0.2, 0) is 21.2 Å². The van der Waals surface area contributed by atoms with Crippen LogP contribution in [0.25, 0.3) is 0 Å². The van der Waals surface area contributed by atoms with Crippen LogP contribution in [0.15, 0.2) is 41.3 Å². The van der Waals surface area contributed by atoms with E-state index in [1.54, 1.807) is 24.3 Å². The third-order valence-electron chi connectivity index (χ3n) is 6.71. The number of hydrogen-bond donors (Lipinski definition) is 1. The highest BCUT2D eigenvalue weighted by Gasteiger charge is 2.42. The van der Waals surface area contributed by atoms with Crippen LogP contribution in [0.5, 0.6) is 11.5 Å². The molecule has 1 saturated carbocycles. The third kappa shape index (κ3) is 4.39. The average molecular weight is 487 g/mol. The zero-order chi connectivity index (χ0) is 23.8. The summed E-state index contributed by atoms with van der Waals surface area (Å²) >= 11 is 0. The zero-order valence-corrected chi connectivity index (χ0v) is 20.2. The molecule has 1 aliphatic carbocycles. The van der Waals surface area contributed by atoms with E-state index in [4.69, 9.17) is 14.2 Å². The number of aryl methyl sites for hydroxylation is 1.